The van der Waals surface area contributed by atoms with Crippen molar-refractivity contribution in [1.29, 1.82) is 0 Å². The van der Waals surface area contributed by atoms with Crippen LogP contribution < -0.4 is 5.32 Å². The Labute approximate surface area is 110 Å². The fourth-order valence-corrected chi connectivity index (χ4v) is 1.68. The number of ether oxygens (including phenoxy) is 1. The van der Waals surface area contributed by atoms with E-state index >= 15 is 0 Å². The molecule has 0 spiro atoms. The summed E-state index contributed by atoms with van der Waals surface area (Å²) >= 11 is 0. The molecule has 1 aromatic carbocycles. The van der Waals surface area contributed by atoms with Gasteiger partial charge in [0.25, 0.3) is 0 Å². The summed E-state index contributed by atoms with van der Waals surface area (Å²) in [4.78, 5) is 0. The molecule has 0 amide bonds. The first-order valence-corrected chi connectivity index (χ1v) is 6.66. The molecule has 1 atom stereocenters. The van der Waals surface area contributed by atoms with Crippen molar-refractivity contribution in [1.82, 2.24) is 5.32 Å². The van der Waals surface area contributed by atoms with Gasteiger partial charge in [0, 0.05) is 19.3 Å². The van der Waals surface area contributed by atoms with Crippen molar-refractivity contribution in [3.05, 3.63) is 35.6 Å². The number of halogens is 1. The zero-order valence-electron chi connectivity index (χ0n) is 11.6. The van der Waals surface area contributed by atoms with Gasteiger partial charge < -0.3 is 10.1 Å². The second kappa shape index (κ2) is 8.22. The largest absolute Gasteiger partial charge is 0.381 e. The number of benzene rings is 1. The fraction of sp³-hybridized carbons (Fsp3) is 0.600. The first kappa shape index (κ1) is 15.1. The Balaban J connectivity index is 2.13. The van der Waals surface area contributed by atoms with Gasteiger partial charge in [0.1, 0.15) is 5.82 Å². The molecule has 1 N–H and O–H groups in total. The summed E-state index contributed by atoms with van der Waals surface area (Å²) in [6, 6.07) is 6.89. The minimum atomic E-state index is -0.187. The van der Waals surface area contributed by atoms with E-state index in [-0.39, 0.29) is 11.9 Å². The quantitative estimate of drug-likeness (QED) is 0.715. The second-order valence-electron chi connectivity index (χ2n) is 5.05. The van der Waals surface area contributed by atoms with E-state index in [0.29, 0.717) is 5.92 Å². The van der Waals surface area contributed by atoms with Gasteiger partial charge in [-0.15, -0.1) is 0 Å². The van der Waals surface area contributed by atoms with Gasteiger partial charge in [0.15, 0.2) is 0 Å². The number of rotatable bonds is 8. The highest BCUT2D eigenvalue weighted by molar-refractivity contribution is 5.19. The third-order valence-corrected chi connectivity index (χ3v) is 2.74. The molecule has 0 aromatic heterocycles. The molecular formula is C15H24FNO. The van der Waals surface area contributed by atoms with E-state index in [1.807, 2.05) is 12.1 Å². The van der Waals surface area contributed by atoms with Crippen molar-refractivity contribution >= 4 is 0 Å². The van der Waals surface area contributed by atoms with E-state index in [1.165, 1.54) is 12.1 Å². The number of hydrogen-bond acceptors (Lipinski definition) is 2. The maximum atomic E-state index is 12.8. The van der Waals surface area contributed by atoms with Crippen LogP contribution in [0.5, 0.6) is 0 Å². The third-order valence-electron chi connectivity index (χ3n) is 2.74. The average molecular weight is 253 g/mol. The Morgan fingerprint density at radius 3 is 2.44 bits per heavy atom. The minimum Gasteiger partial charge on any atom is -0.381 e. The standard InChI is InChI=1S/C15H24FNO/c1-12(2)11-18-10-4-9-17-13(3)14-5-7-15(16)8-6-14/h5-8,12-13,17H,4,9-11H2,1-3H3. The van der Waals surface area contributed by atoms with E-state index in [4.69, 9.17) is 4.74 Å². The van der Waals surface area contributed by atoms with Crippen LogP contribution in [0.2, 0.25) is 0 Å². The summed E-state index contributed by atoms with van der Waals surface area (Å²) in [5.41, 5.74) is 1.11. The van der Waals surface area contributed by atoms with Crippen LogP contribution in [0.3, 0.4) is 0 Å². The van der Waals surface area contributed by atoms with Gasteiger partial charge >= 0.3 is 0 Å². The topological polar surface area (TPSA) is 21.3 Å². The zero-order valence-corrected chi connectivity index (χ0v) is 11.6. The van der Waals surface area contributed by atoms with Crippen LogP contribution in [0.25, 0.3) is 0 Å². The van der Waals surface area contributed by atoms with E-state index in [0.717, 1.165) is 31.7 Å². The molecule has 0 aliphatic rings. The molecule has 0 bridgehead atoms. The molecular weight excluding hydrogens is 229 g/mol. The lowest BCUT2D eigenvalue weighted by Gasteiger charge is -2.14. The molecule has 3 heteroatoms. The second-order valence-corrected chi connectivity index (χ2v) is 5.05. The monoisotopic (exact) mass is 253 g/mol. The highest BCUT2D eigenvalue weighted by Crippen LogP contribution is 2.12. The van der Waals surface area contributed by atoms with Crippen molar-refractivity contribution < 1.29 is 9.13 Å². The Morgan fingerprint density at radius 2 is 1.83 bits per heavy atom. The minimum absolute atomic E-state index is 0.187. The molecule has 18 heavy (non-hydrogen) atoms. The van der Waals surface area contributed by atoms with Crippen molar-refractivity contribution in [2.45, 2.75) is 33.2 Å². The third kappa shape index (κ3) is 6.12. The van der Waals surface area contributed by atoms with E-state index in [2.05, 4.69) is 26.1 Å². The first-order valence-electron chi connectivity index (χ1n) is 6.66. The van der Waals surface area contributed by atoms with Crippen molar-refractivity contribution in [2.24, 2.45) is 5.92 Å². The molecule has 0 aliphatic heterocycles. The van der Waals surface area contributed by atoms with Gasteiger partial charge in [-0.2, -0.15) is 0 Å². The summed E-state index contributed by atoms with van der Waals surface area (Å²) < 4.78 is 18.3. The molecule has 0 aliphatic carbocycles. The Hall–Kier alpha value is -0.930. The molecule has 2 nitrogen and oxygen atoms in total. The fourth-order valence-electron chi connectivity index (χ4n) is 1.68. The van der Waals surface area contributed by atoms with Crippen molar-refractivity contribution in [3.8, 4) is 0 Å². The molecule has 0 radical (unpaired) electrons. The molecule has 0 heterocycles. The van der Waals surface area contributed by atoms with Crippen LogP contribution >= 0.6 is 0 Å². The predicted molar refractivity (Wildman–Crippen MR) is 73.1 cm³/mol. The lowest BCUT2D eigenvalue weighted by molar-refractivity contribution is 0.107. The van der Waals surface area contributed by atoms with Gasteiger partial charge in [0.05, 0.1) is 0 Å². The van der Waals surface area contributed by atoms with E-state index in [1.54, 1.807) is 0 Å². The lowest BCUT2D eigenvalue weighted by Crippen LogP contribution is -2.21. The highest BCUT2D eigenvalue weighted by Gasteiger charge is 2.04. The molecule has 1 aromatic rings. The van der Waals surface area contributed by atoms with Gasteiger partial charge in [0.2, 0.25) is 0 Å². The van der Waals surface area contributed by atoms with Crippen LogP contribution in [-0.2, 0) is 4.74 Å². The smallest absolute Gasteiger partial charge is 0.123 e. The van der Waals surface area contributed by atoms with Crippen LogP contribution in [0.15, 0.2) is 24.3 Å². The Morgan fingerprint density at radius 1 is 1.17 bits per heavy atom. The van der Waals surface area contributed by atoms with Crippen molar-refractivity contribution in [2.75, 3.05) is 19.8 Å². The molecule has 102 valence electrons. The van der Waals surface area contributed by atoms with Gasteiger partial charge in [-0.3, -0.25) is 0 Å². The molecule has 1 unspecified atom stereocenters. The first-order chi connectivity index (χ1) is 8.59. The van der Waals surface area contributed by atoms with Gasteiger partial charge in [-0.05, 0) is 43.5 Å². The van der Waals surface area contributed by atoms with E-state index < -0.39 is 0 Å². The molecule has 0 saturated carbocycles. The number of hydrogen-bond donors (Lipinski definition) is 1. The van der Waals surface area contributed by atoms with E-state index in [9.17, 15) is 4.39 Å². The number of nitrogens with one attached hydrogen (secondary N) is 1. The summed E-state index contributed by atoms with van der Waals surface area (Å²) in [5, 5.41) is 3.40. The van der Waals surface area contributed by atoms with Gasteiger partial charge in [-0.25, -0.2) is 4.39 Å². The van der Waals surface area contributed by atoms with Crippen molar-refractivity contribution in [3.63, 3.8) is 0 Å². The molecule has 1 rings (SSSR count). The normalized spacial score (nSPS) is 12.9. The Kier molecular flexibility index (Phi) is 6.91. The highest BCUT2D eigenvalue weighted by atomic mass is 19.1. The SMILES string of the molecule is CC(C)COCCCNC(C)c1ccc(F)cc1. The predicted octanol–water partition coefficient (Wildman–Crippen LogP) is 3.54. The molecule has 0 fully saturated rings. The van der Waals surface area contributed by atoms with Crippen LogP contribution in [-0.4, -0.2) is 19.8 Å². The Bertz CT molecular complexity index is 324. The average Bonchev–Trinajstić information content (AvgIpc) is 2.34. The zero-order chi connectivity index (χ0) is 13.4. The van der Waals surface area contributed by atoms with Crippen LogP contribution in [0.4, 0.5) is 4.39 Å². The maximum absolute atomic E-state index is 12.8. The summed E-state index contributed by atoms with van der Waals surface area (Å²) in [6.07, 6.45) is 0.998. The summed E-state index contributed by atoms with van der Waals surface area (Å²) in [5.74, 6) is 0.407. The maximum Gasteiger partial charge on any atom is 0.123 e. The van der Waals surface area contributed by atoms with Crippen LogP contribution in [0.1, 0.15) is 38.8 Å². The van der Waals surface area contributed by atoms with Crippen LogP contribution in [0, 0.1) is 11.7 Å². The summed E-state index contributed by atoms with van der Waals surface area (Å²) in [7, 11) is 0. The molecule has 0 saturated heterocycles. The van der Waals surface area contributed by atoms with Gasteiger partial charge in [-0.1, -0.05) is 26.0 Å². The lowest BCUT2D eigenvalue weighted by atomic mass is 10.1. The summed E-state index contributed by atoms with van der Waals surface area (Å²) in [6.45, 7) is 8.91.